The number of pyridine rings is 2. The maximum absolute atomic E-state index is 12.5. The molecule has 0 aliphatic rings. The highest BCUT2D eigenvalue weighted by Crippen LogP contribution is 2.36. The van der Waals surface area contributed by atoms with Crippen molar-refractivity contribution in [3.63, 3.8) is 0 Å². The summed E-state index contributed by atoms with van der Waals surface area (Å²) in [4.78, 5) is 22.3. The molecular formula is C15H13N3OS. The molecule has 3 rings (SSSR count). The van der Waals surface area contributed by atoms with Crippen LogP contribution in [0.25, 0.3) is 10.2 Å². The summed E-state index contributed by atoms with van der Waals surface area (Å²) in [6.07, 6.45) is 3.20. The lowest BCUT2D eigenvalue weighted by atomic mass is 10.1. The van der Waals surface area contributed by atoms with E-state index >= 15 is 0 Å². The van der Waals surface area contributed by atoms with E-state index in [1.54, 1.807) is 24.5 Å². The highest BCUT2D eigenvalue weighted by Gasteiger charge is 2.19. The molecule has 3 aromatic heterocycles. The zero-order valence-corrected chi connectivity index (χ0v) is 12.0. The highest BCUT2D eigenvalue weighted by molar-refractivity contribution is 7.21. The van der Waals surface area contributed by atoms with Gasteiger partial charge in [0.2, 0.25) is 5.78 Å². The molecule has 0 bridgehead atoms. The summed E-state index contributed by atoms with van der Waals surface area (Å²) in [5.41, 5.74) is 9.26. The second-order valence-electron chi connectivity index (χ2n) is 4.67. The molecule has 0 aromatic carbocycles. The van der Waals surface area contributed by atoms with Crippen LogP contribution in [-0.4, -0.2) is 15.8 Å². The fraction of sp³-hybridized carbons (Fsp3) is 0.133. The lowest BCUT2D eigenvalue weighted by Crippen LogP contribution is -2.02. The summed E-state index contributed by atoms with van der Waals surface area (Å²) < 4.78 is 0. The van der Waals surface area contributed by atoms with Crippen molar-refractivity contribution >= 4 is 33.0 Å². The van der Waals surface area contributed by atoms with Crippen molar-refractivity contribution in [1.29, 1.82) is 0 Å². The third-order valence-corrected chi connectivity index (χ3v) is 4.27. The van der Waals surface area contributed by atoms with Gasteiger partial charge in [-0.25, -0.2) is 4.98 Å². The molecule has 4 nitrogen and oxygen atoms in total. The van der Waals surface area contributed by atoms with E-state index in [4.69, 9.17) is 5.73 Å². The van der Waals surface area contributed by atoms with Crippen molar-refractivity contribution in [3.8, 4) is 0 Å². The number of nitrogen functional groups attached to an aromatic ring is 1. The number of thiophene rings is 1. The molecule has 0 atom stereocenters. The third kappa shape index (κ3) is 1.96. The molecule has 0 saturated carbocycles. The zero-order chi connectivity index (χ0) is 14.3. The Balaban J connectivity index is 2.21. The SMILES string of the molecule is Cc1cc(C)c2c(N)c(C(=O)c3ccncc3)sc2n1. The van der Waals surface area contributed by atoms with Gasteiger partial charge in [-0.3, -0.25) is 9.78 Å². The van der Waals surface area contributed by atoms with Crippen molar-refractivity contribution in [3.05, 3.63) is 52.3 Å². The minimum Gasteiger partial charge on any atom is -0.397 e. The molecule has 0 aliphatic carbocycles. The van der Waals surface area contributed by atoms with Crippen molar-refractivity contribution in [2.75, 3.05) is 5.73 Å². The van der Waals surface area contributed by atoms with E-state index in [0.717, 1.165) is 21.5 Å². The quantitative estimate of drug-likeness (QED) is 0.734. The molecule has 0 saturated heterocycles. The van der Waals surface area contributed by atoms with E-state index in [9.17, 15) is 4.79 Å². The number of ketones is 1. The number of hydrogen-bond donors (Lipinski definition) is 1. The molecule has 0 unspecified atom stereocenters. The number of hydrogen-bond acceptors (Lipinski definition) is 5. The Kier molecular flexibility index (Phi) is 2.99. The summed E-state index contributed by atoms with van der Waals surface area (Å²) in [6, 6.07) is 5.36. The molecule has 0 radical (unpaired) electrons. The Labute approximate surface area is 120 Å². The number of rotatable bonds is 2. The maximum Gasteiger partial charge on any atom is 0.205 e. The molecule has 100 valence electrons. The number of fused-ring (bicyclic) bond motifs is 1. The zero-order valence-electron chi connectivity index (χ0n) is 11.2. The summed E-state index contributed by atoms with van der Waals surface area (Å²) in [6.45, 7) is 3.92. The first-order valence-corrected chi connectivity index (χ1v) is 7.00. The Morgan fingerprint density at radius 1 is 1.25 bits per heavy atom. The maximum atomic E-state index is 12.5. The fourth-order valence-corrected chi connectivity index (χ4v) is 3.45. The Morgan fingerprint density at radius 2 is 1.95 bits per heavy atom. The molecule has 3 aromatic rings. The molecule has 20 heavy (non-hydrogen) atoms. The van der Waals surface area contributed by atoms with E-state index < -0.39 is 0 Å². The van der Waals surface area contributed by atoms with E-state index in [1.807, 2.05) is 19.9 Å². The van der Waals surface area contributed by atoms with Gasteiger partial charge in [-0.2, -0.15) is 0 Å². The van der Waals surface area contributed by atoms with Crippen LogP contribution in [0.3, 0.4) is 0 Å². The van der Waals surface area contributed by atoms with Gasteiger partial charge in [0.1, 0.15) is 9.71 Å². The molecule has 2 N–H and O–H groups in total. The number of aryl methyl sites for hydroxylation is 2. The van der Waals surface area contributed by atoms with Crippen LogP contribution in [-0.2, 0) is 0 Å². The van der Waals surface area contributed by atoms with E-state index in [-0.39, 0.29) is 5.78 Å². The van der Waals surface area contributed by atoms with Crippen molar-refractivity contribution < 1.29 is 4.79 Å². The van der Waals surface area contributed by atoms with Crippen LogP contribution in [0.15, 0.2) is 30.6 Å². The Morgan fingerprint density at radius 3 is 2.65 bits per heavy atom. The van der Waals surface area contributed by atoms with Gasteiger partial charge in [0.15, 0.2) is 0 Å². The van der Waals surface area contributed by atoms with Crippen LogP contribution in [0.5, 0.6) is 0 Å². The third-order valence-electron chi connectivity index (χ3n) is 3.17. The van der Waals surface area contributed by atoms with Crippen LogP contribution < -0.4 is 5.73 Å². The molecule has 5 heteroatoms. The first-order chi connectivity index (χ1) is 9.58. The minimum absolute atomic E-state index is 0.0787. The molecule has 0 amide bonds. The predicted molar refractivity (Wildman–Crippen MR) is 81.2 cm³/mol. The monoisotopic (exact) mass is 283 g/mol. The number of carbonyl (C=O) groups is 1. The fourth-order valence-electron chi connectivity index (χ4n) is 2.27. The topological polar surface area (TPSA) is 68.9 Å². The standard InChI is InChI=1S/C15H13N3OS/c1-8-7-9(2)18-15-11(8)12(16)14(20-15)13(19)10-3-5-17-6-4-10/h3-7H,16H2,1-2H3. The average Bonchev–Trinajstić information content (AvgIpc) is 2.76. The number of anilines is 1. The van der Waals surface area contributed by atoms with Crippen molar-refractivity contribution in [1.82, 2.24) is 9.97 Å². The lowest BCUT2D eigenvalue weighted by molar-refractivity contribution is 0.104. The van der Waals surface area contributed by atoms with E-state index in [0.29, 0.717) is 16.1 Å². The predicted octanol–water partition coefficient (Wildman–Crippen LogP) is 3.12. The van der Waals surface area contributed by atoms with Gasteiger partial charge in [-0.05, 0) is 37.6 Å². The van der Waals surface area contributed by atoms with Gasteiger partial charge in [0, 0.05) is 29.0 Å². The van der Waals surface area contributed by atoms with Crippen LogP contribution >= 0.6 is 11.3 Å². The molecule has 0 fully saturated rings. The number of nitrogens with zero attached hydrogens (tertiary/aromatic N) is 2. The van der Waals surface area contributed by atoms with Crippen LogP contribution in [0.4, 0.5) is 5.69 Å². The number of nitrogens with two attached hydrogens (primary N) is 1. The van der Waals surface area contributed by atoms with Crippen molar-refractivity contribution in [2.24, 2.45) is 0 Å². The minimum atomic E-state index is -0.0787. The smallest absolute Gasteiger partial charge is 0.205 e. The van der Waals surface area contributed by atoms with Gasteiger partial charge in [-0.1, -0.05) is 0 Å². The van der Waals surface area contributed by atoms with Crippen molar-refractivity contribution in [2.45, 2.75) is 13.8 Å². The normalized spacial score (nSPS) is 10.9. The Bertz CT molecular complexity index is 809. The molecule has 0 aliphatic heterocycles. The summed E-state index contributed by atoms with van der Waals surface area (Å²) in [5, 5.41) is 0.887. The number of carbonyl (C=O) groups excluding carboxylic acids is 1. The van der Waals surface area contributed by atoms with Crippen LogP contribution in [0.1, 0.15) is 26.5 Å². The van der Waals surface area contributed by atoms with Crippen LogP contribution in [0, 0.1) is 13.8 Å². The van der Waals surface area contributed by atoms with Gasteiger partial charge >= 0.3 is 0 Å². The van der Waals surface area contributed by atoms with E-state index in [1.165, 1.54) is 11.3 Å². The Hall–Kier alpha value is -2.27. The summed E-state index contributed by atoms with van der Waals surface area (Å²) in [7, 11) is 0. The number of aromatic nitrogens is 2. The largest absolute Gasteiger partial charge is 0.397 e. The highest BCUT2D eigenvalue weighted by atomic mass is 32.1. The molecule has 0 spiro atoms. The first kappa shape index (κ1) is 12.7. The molecular weight excluding hydrogens is 270 g/mol. The second-order valence-corrected chi connectivity index (χ2v) is 5.67. The first-order valence-electron chi connectivity index (χ1n) is 6.19. The van der Waals surface area contributed by atoms with Gasteiger partial charge in [0.25, 0.3) is 0 Å². The van der Waals surface area contributed by atoms with Crippen LogP contribution in [0.2, 0.25) is 0 Å². The second kappa shape index (κ2) is 4.68. The lowest BCUT2D eigenvalue weighted by Gasteiger charge is -2.00. The summed E-state index contributed by atoms with van der Waals surface area (Å²) in [5.74, 6) is -0.0787. The summed E-state index contributed by atoms with van der Waals surface area (Å²) >= 11 is 1.35. The average molecular weight is 283 g/mol. The van der Waals surface area contributed by atoms with Gasteiger partial charge in [0.05, 0.1) is 5.69 Å². The van der Waals surface area contributed by atoms with Gasteiger partial charge < -0.3 is 5.73 Å². The van der Waals surface area contributed by atoms with E-state index in [2.05, 4.69) is 9.97 Å². The van der Waals surface area contributed by atoms with Gasteiger partial charge in [-0.15, -0.1) is 11.3 Å². The molecule has 3 heterocycles.